The molecule has 0 saturated heterocycles. The fourth-order valence-corrected chi connectivity index (χ4v) is 3.67. The number of aliphatic hydroxyl groups is 1. The SMILES string of the molecule is CC(C)(C)c1ccc(C(=O)NCc2ccc(C(=O)NC3CCC(O)CC3)cc2)cc1. The number of aliphatic hydroxyl groups excluding tert-OH is 1. The second-order valence-corrected chi connectivity index (χ2v) is 9.19. The van der Waals surface area contributed by atoms with Crippen LogP contribution < -0.4 is 10.6 Å². The van der Waals surface area contributed by atoms with Crippen molar-refractivity contribution in [3.8, 4) is 0 Å². The summed E-state index contributed by atoms with van der Waals surface area (Å²) in [5.41, 5.74) is 3.43. The molecule has 0 radical (unpaired) electrons. The van der Waals surface area contributed by atoms with E-state index >= 15 is 0 Å². The lowest BCUT2D eigenvalue weighted by Crippen LogP contribution is -2.38. The van der Waals surface area contributed by atoms with Gasteiger partial charge in [-0.1, -0.05) is 45.0 Å². The summed E-state index contributed by atoms with van der Waals surface area (Å²) in [6.07, 6.45) is 2.87. The molecule has 3 N–H and O–H groups in total. The first-order valence-electron chi connectivity index (χ1n) is 10.7. The molecule has 5 nitrogen and oxygen atoms in total. The van der Waals surface area contributed by atoms with Gasteiger partial charge >= 0.3 is 0 Å². The third-order valence-electron chi connectivity index (χ3n) is 5.71. The topological polar surface area (TPSA) is 78.4 Å². The van der Waals surface area contributed by atoms with Crippen LogP contribution in [0.15, 0.2) is 48.5 Å². The highest BCUT2D eigenvalue weighted by Crippen LogP contribution is 2.22. The molecule has 2 aromatic rings. The maximum atomic E-state index is 12.4. The fourth-order valence-electron chi connectivity index (χ4n) is 3.67. The van der Waals surface area contributed by atoms with Crippen molar-refractivity contribution in [2.24, 2.45) is 0 Å². The van der Waals surface area contributed by atoms with Crippen LogP contribution in [0.4, 0.5) is 0 Å². The van der Waals surface area contributed by atoms with E-state index in [1.54, 1.807) is 12.1 Å². The minimum atomic E-state index is -0.232. The molecule has 2 amide bonds. The van der Waals surface area contributed by atoms with Gasteiger partial charge in [-0.15, -0.1) is 0 Å². The molecule has 2 aromatic carbocycles. The maximum Gasteiger partial charge on any atom is 0.251 e. The Balaban J connectivity index is 1.50. The van der Waals surface area contributed by atoms with Gasteiger partial charge in [-0.2, -0.15) is 0 Å². The second kappa shape index (κ2) is 9.43. The van der Waals surface area contributed by atoms with Gasteiger partial charge in [-0.25, -0.2) is 0 Å². The first kappa shape index (κ1) is 22.0. The Morgan fingerprint density at radius 3 is 1.97 bits per heavy atom. The number of hydrogen-bond acceptors (Lipinski definition) is 3. The lowest BCUT2D eigenvalue weighted by Gasteiger charge is -2.26. The Bertz CT molecular complexity index is 859. The molecule has 1 aliphatic carbocycles. The monoisotopic (exact) mass is 408 g/mol. The van der Waals surface area contributed by atoms with Gasteiger partial charge in [0, 0.05) is 23.7 Å². The molecule has 1 fully saturated rings. The van der Waals surface area contributed by atoms with Crippen LogP contribution in [0.5, 0.6) is 0 Å². The van der Waals surface area contributed by atoms with E-state index in [1.165, 1.54) is 5.56 Å². The van der Waals surface area contributed by atoms with Gasteiger partial charge in [0.05, 0.1) is 6.10 Å². The molecule has 0 atom stereocenters. The summed E-state index contributed by atoms with van der Waals surface area (Å²) >= 11 is 0. The third kappa shape index (κ3) is 5.92. The Hall–Kier alpha value is -2.66. The summed E-state index contributed by atoms with van der Waals surface area (Å²) in [6, 6.07) is 15.1. The minimum absolute atomic E-state index is 0.0568. The van der Waals surface area contributed by atoms with Crippen LogP contribution in [0.2, 0.25) is 0 Å². The normalized spacial score (nSPS) is 19.2. The van der Waals surface area contributed by atoms with Crippen molar-refractivity contribution in [3.05, 3.63) is 70.8 Å². The number of carbonyl (C=O) groups excluding carboxylic acids is 2. The standard InChI is InChI=1S/C25H32N2O3/c1-25(2,3)20-10-8-18(9-11-20)23(29)26-16-17-4-6-19(7-5-17)24(30)27-21-12-14-22(28)15-13-21/h4-11,21-22,28H,12-16H2,1-3H3,(H,26,29)(H,27,30). The zero-order chi connectivity index (χ0) is 21.7. The van der Waals surface area contributed by atoms with Crippen molar-refractivity contribution in [2.45, 2.75) is 70.6 Å². The number of hydrogen-bond donors (Lipinski definition) is 3. The van der Waals surface area contributed by atoms with Gasteiger partial charge in [0.1, 0.15) is 0 Å². The minimum Gasteiger partial charge on any atom is -0.393 e. The van der Waals surface area contributed by atoms with Gasteiger partial charge in [0.25, 0.3) is 11.8 Å². The van der Waals surface area contributed by atoms with Crippen molar-refractivity contribution < 1.29 is 14.7 Å². The molecule has 1 aliphatic rings. The number of carbonyl (C=O) groups is 2. The molecule has 30 heavy (non-hydrogen) atoms. The van der Waals surface area contributed by atoms with E-state index < -0.39 is 0 Å². The van der Waals surface area contributed by atoms with Gasteiger partial charge in [0.2, 0.25) is 0 Å². The number of amides is 2. The summed E-state index contributed by atoms with van der Waals surface area (Å²) in [5.74, 6) is -0.206. The van der Waals surface area contributed by atoms with Crippen molar-refractivity contribution >= 4 is 11.8 Å². The van der Waals surface area contributed by atoms with Crippen molar-refractivity contribution in [1.82, 2.24) is 10.6 Å². The van der Waals surface area contributed by atoms with Crippen LogP contribution in [0.25, 0.3) is 0 Å². The predicted octanol–water partition coefficient (Wildman–Crippen LogP) is 3.95. The Morgan fingerprint density at radius 2 is 1.40 bits per heavy atom. The van der Waals surface area contributed by atoms with Crippen LogP contribution in [0.1, 0.15) is 78.3 Å². The zero-order valence-electron chi connectivity index (χ0n) is 18.1. The lowest BCUT2D eigenvalue weighted by molar-refractivity contribution is 0.0867. The smallest absolute Gasteiger partial charge is 0.251 e. The van der Waals surface area contributed by atoms with Crippen LogP contribution in [0, 0.1) is 0 Å². The molecule has 0 aliphatic heterocycles. The molecular weight excluding hydrogens is 376 g/mol. The van der Waals surface area contributed by atoms with Crippen LogP contribution in [0.3, 0.4) is 0 Å². The lowest BCUT2D eigenvalue weighted by atomic mass is 9.87. The molecule has 0 unspecified atom stereocenters. The first-order valence-corrected chi connectivity index (χ1v) is 10.7. The maximum absolute atomic E-state index is 12.4. The van der Waals surface area contributed by atoms with Gasteiger partial charge in [-0.05, 0) is 66.5 Å². The Kier molecular flexibility index (Phi) is 6.93. The summed E-state index contributed by atoms with van der Waals surface area (Å²) in [5, 5.41) is 15.5. The molecule has 0 heterocycles. The fraction of sp³-hybridized carbons (Fsp3) is 0.440. The number of nitrogens with one attached hydrogen (secondary N) is 2. The van der Waals surface area contributed by atoms with E-state index in [0.29, 0.717) is 17.7 Å². The largest absolute Gasteiger partial charge is 0.393 e. The predicted molar refractivity (Wildman–Crippen MR) is 118 cm³/mol. The van der Waals surface area contributed by atoms with Crippen LogP contribution >= 0.6 is 0 Å². The quantitative estimate of drug-likeness (QED) is 0.701. The summed E-state index contributed by atoms with van der Waals surface area (Å²) in [6.45, 7) is 6.84. The molecule has 0 bridgehead atoms. The van der Waals surface area contributed by atoms with E-state index in [-0.39, 0.29) is 29.4 Å². The summed E-state index contributed by atoms with van der Waals surface area (Å²) in [4.78, 5) is 24.8. The molecule has 160 valence electrons. The first-order chi connectivity index (χ1) is 14.2. The molecule has 0 aromatic heterocycles. The molecule has 1 saturated carbocycles. The number of rotatable bonds is 5. The summed E-state index contributed by atoms with van der Waals surface area (Å²) < 4.78 is 0. The summed E-state index contributed by atoms with van der Waals surface area (Å²) in [7, 11) is 0. The van der Waals surface area contributed by atoms with E-state index in [2.05, 4.69) is 31.4 Å². The highest BCUT2D eigenvalue weighted by Gasteiger charge is 2.21. The highest BCUT2D eigenvalue weighted by atomic mass is 16.3. The van der Waals surface area contributed by atoms with Crippen LogP contribution in [-0.4, -0.2) is 29.1 Å². The van der Waals surface area contributed by atoms with E-state index in [4.69, 9.17) is 0 Å². The zero-order valence-corrected chi connectivity index (χ0v) is 18.1. The highest BCUT2D eigenvalue weighted by molar-refractivity contribution is 5.95. The van der Waals surface area contributed by atoms with Crippen molar-refractivity contribution in [3.63, 3.8) is 0 Å². The third-order valence-corrected chi connectivity index (χ3v) is 5.71. The molecule has 5 heteroatoms. The van der Waals surface area contributed by atoms with E-state index in [1.807, 2.05) is 36.4 Å². The molecular formula is C25H32N2O3. The Morgan fingerprint density at radius 1 is 0.867 bits per heavy atom. The number of benzene rings is 2. The average Bonchev–Trinajstić information content (AvgIpc) is 2.73. The van der Waals surface area contributed by atoms with Crippen molar-refractivity contribution in [2.75, 3.05) is 0 Å². The Labute approximate surface area is 178 Å². The van der Waals surface area contributed by atoms with Gasteiger partial charge in [0.15, 0.2) is 0 Å². The van der Waals surface area contributed by atoms with E-state index in [0.717, 1.165) is 31.2 Å². The van der Waals surface area contributed by atoms with E-state index in [9.17, 15) is 14.7 Å². The average molecular weight is 409 g/mol. The van der Waals surface area contributed by atoms with Gasteiger partial charge in [-0.3, -0.25) is 9.59 Å². The van der Waals surface area contributed by atoms with Gasteiger partial charge < -0.3 is 15.7 Å². The molecule has 0 spiro atoms. The van der Waals surface area contributed by atoms with Crippen molar-refractivity contribution in [1.29, 1.82) is 0 Å². The second-order valence-electron chi connectivity index (χ2n) is 9.19. The molecule has 3 rings (SSSR count). The van der Waals surface area contributed by atoms with Crippen LogP contribution in [-0.2, 0) is 12.0 Å².